The molecule has 0 N–H and O–H groups in total. The van der Waals surface area contributed by atoms with Crippen LogP contribution in [0.25, 0.3) is 0 Å². The highest BCUT2D eigenvalue weighted by Crippen LogP contribution is 2.38. The minimum atomic E-state index is -4.41. The SMILES string of the molecule is Cc1cc(C(=O)C2CC3CCCC(C2)N3C)cc(C(F)(F)F)c1. The van der Waals surface area contributed by atoms with Crippen molar-refractivity contribution in [1.82, 2.24) is 4.90 Å². The number of carbonyl (C=O) groups is 1. The quantitative estimate of drug-likeness (QED) is 0.748. The molecule has 2 nitrogen and oxygen atoms in total. The second-order valence-electron chi connectivity index (χ2n) is 7.02. The average molecular weight is 325 g/mol. The summed E-state index contributed by atoms with van der Waals surface area (Å²) in [5.74, 6) is -0.270. The summed E-state index contributed by atoms with van der Waals surface area (Å²) in [5, 5.41) is 0. The number of alkyl halides is 3. The molecule has 2 saturated heterocycles. The zero-order valence-corrected chi connectivity index (χ0v) is 13.5. The van der Waals surface area contributed by atoms with Crippen molar-refractivity contribution in [2.75, 3.05) is 7.05 Å². The van der Waals surface area contributed by atoms with Crippen molar-refractivity contribution >= 4 is 5.78 Å². The Kier molecular flexibility index (Phi) is 4.25. The molecule has 0 saturated carbocycles. The Morgan fingerprint density at radius 2 is 1.74 bits per heavy atom. The number of aryl methyl sites for hydroxylation is 1. The largest absolute Gasteiger partial charge is 0.416 e. The molecule has 1 aromatic rings. The predicted molar refractivity (Wildman–Crippen MR) is 82.4 cm³/mol. The van der Waals surface area contributed by atoms with Gasteiger partial charge < -0.3 is 4.90 Å². The molecular formula is C18H22F3NO. The van der Waals surface area contributed by atoms with E-state index >= 15 is 0 Å². The van der Waals surface area contributed by atoms with Crippen LogP contribution in [0.4, 0.5) is 13.2 Å². The molecule has 2 aliphatic heterocycles. The Balaban J connectivity index is 1.85. The summed E-state index contributed by atoms with van der Waals surface area (Å²) in [6.45, 7) is 1.61. The number of ketones is 1. The molecule has 0 aromatic heterocycles. The third kappa shape index (κ3) is 3.30. The van der Waals surface area contributed by atoms with Gasteiger partial charge in [0.05, 0.1) is 5.56 Å². The molecule has 5 heteroatoms. The van der Waals surface area contributed by atoms with E-state index in [-0.39, 0.29) is 17.3 Å². The van der Waals surface area contributed by atoms with Gasteiger partial charge in [0, 0.05) is 23.6 Å². The topological polar surface area (TPSA) is 20.3 Å². The van der Waals surface area contributed by atoms with E-state index in [0.29, 0.717) is 17.6 Å². The van der Waals surface area contributed by atoms with E-state index in [2.05, 4.69) is 11.9 Å². The number of benzene rings is 1. The van der Waals surface area contributed by atoms with E-state index in [1.165, 1.54) is 6.42 Å². The van der Waals surface area contributed by atoms with E-state index in [4.69, 9.17) is 0 Å². The summed E-state index contributed by atoms with van der Waals surface area (Å²) in [7, 11) is 2.10. The highest BCUT2D eigenvalue weighted by molar-refractivity contribution is 5.98. The minimum Gasteiger partial charge on any atom is -0.300 e. The van der Waals surface area contributed by atoms with Crippen LogP contribution in [0.1, 0.15) is 53.6 Å². The number of hydrogen-bond donors (Lipinski definition) is 0. The van der Waals surface area contributed by atoms with Crippen LogP contribution in [0.2, 0.25) is 0 Å². The van der Waals surface area contributed by atoms with Crippen LogP contribution >= 0.6 is 0 Å². The molecular weight excluding hydrogens is 303 g/mol. The second kappa shape index (κ2) is 5.93. The lowest BCUT2D eigenvalue weighted by Gasteiger charge is -2.46. The van der Waals surface area contributed by atoms with Crippen LogP contribution in [-0.2, 0) is 6.18 Å². The monoisotopic (exact) mass is 325 g/mol. The number of rotatable bonds is 2. The third-order valence-electron chi connectivity index (χ3n) is 5.40. The van der Waals surface area contributed by atoms with Crippen molar-refractivity contribution < 1.29 is 18.0 Å². The molecule has 23 heavy (non-hydrogen) atoms. The van der Waals surface area contributed by atoms with Crippen LogP contribution in [0.3, 0.4) is 0 Å². The fourth-order valence-corrected chi connectivity index (χ4v) is 4.15. The van der Waals surface area contributed by atoms with Crippen LogP contribution in [0.15, 0.2) is 18.2 Å². The van der Waals surface area contributed by atoms with E-state index < -0.39 is 11.7 Å². The molecule has 0 aliphatic carbocycles. The Labute approximate surface area is 134 Å². The van der Waals surface area contributed by atoms with Crippen LogP contribution < -0.4 is 0 Å². The van der Waals surface area contributed by atoms with Gasteiger partial charge in [0.1, 0.15) is 0 Å². The van der Waals surface area contributed by atoms with Gasteiger partial charge in [0.25, 0.3) is 0 Å². The van der Waals surface area contributed by atoms with Gasteiger partial charge in [-0.05, 0) is 63.4 Å². The smallest absolute Gasteiger partial charge is 0.300 e. The highest BCUT2D eigenvalue weighted by atomic mass is 19.4. The lowest BCUT2D eigenvalue weighted by atomic mass is 9.76. The maximum Gasteiger partial charge on any atom is 0.416 e. The Morgan fingerprint density at radius 1 is 1.13 bits per heavy atom. The molecule has 3 rings (SSSR count). The fourth-order valence-electron chi connectivity index (χ4n) is 4.15. The first-order chi connectivity index (χ1) is 10.8. The van der Waals surface area contributed by atoms with Gasteiger partial charge in [0.2, 0.25) is 0 Å². The number of halogens is 3. The zero-order chi connectivity index (χ0) is 16.8. The third-order valence-corrected chi connectivity index (χ3v) is 5.40. The van der Waals surface area contributed by atoms with E-state index in [1.807, 2.05) is 0 Å². The molecule has 2 heterocycles. The van der Waals surface area contributed by atoms with Gasteiger partial charge in [0.15, 0.2) is 5.78 Å². The van der Waals surface area contributed by atoms with Gasteiger partial charge in [-0.1, -0.05) is 6.42 Å². The first kappa shape index (κ1) is 16.5. The van der Waals surface area contributed by atoms with Gasteiger partial charge in [-0.3, -0.25) is 4.79 Å². The molecule has 0 radical (unpaired) electrons. The number of fused-ring (bicyclic) bond motifs is 2. The van der Waals surface area contributed by atoms with Gasteiger partial charge in [-0.25, -0.2) is 0 Å². The number of hydrogen-bond acceptors (Lipinski definition) is 2. The molecule has 2 aliphatic rings. The van der Waals surface area contributed by atoms with Crippen molar-refractivity contribution in [3.8, 4) is 0 Å². The maximum absolute atomic E-state index is 13.0. The van der Waals surface area contributed by atoms with Gasteiger partial charge >= 0.3 is 6.18 Å². The molecule has 0 spiro atoms. The molecule has 1 aromatic carbocycles. The lowest BCUT2D eigenvalue weighted by molar-refractivity contribution is -0.137. The van der Waals surface area contributed by atoms with Crippen molar-refractivity contribution in [3.63, 3.8) is 0 Å². The minimum absolute atomic E-state index is 0.121. The van der Waals surface area contributed by atoms with Crippen molar-refractivity contribution in [2.45, 2.75) is 57.3 Å². The van der Waals surface area contributed by atoms with Crippen LogP contribution in [0, 0.1) is 12.8 Å². The summed E-state index contributed by atoms with van der Waals surface area (Å²) in [6.07, 6.45) is 0.465. The first-order valence-electron chi connectivity index (χ1n) is 8.20. The maximum atomic E-state index is 13.0. The molecule has 2 bridgehead atoms. The van der Waals surface area contributed by atoms with E-state index in [1.54, 1.807) is 13.0 Å². The molecule has 0 amide bonds. The summed E-state index contributed by atoms with van der Waals surface area (Å²) in [5.41, 5.74) is -0.0322. The van der Waals surface area contributed by atoms with E-state index in [0.717, 1.165) is 37.8 Å². The molecule has 2 fully saturated rings. The zero-order valence-electron chi connectivity index (χ0n) is 13.5. The number of piperidine rings is 2. The second-order valence-corrected chi connectivity index (χ2v) is 7.02. The summed E-state index contributed by atoms with van der Waals surface area (Å²) >= 11 is 0. The summed E-state index contributed by atoms with van der Waals surface area (Å²) in [4.78, 5) is 15.1. The van der Waals surface area contributed by atoms with Crippen molar-refractivity contribution in [1.29, 1.82) is 0 Å². The molecule has 126 valence electrons. The Morgan fingerprint density at radius 3 is 2.30 bits per heavy atom. The van der Waals surface area contributed by atoms with Crippen molar-refractivity contribution in [2.24, 2.45) is 5.92 Å². The average Bonchev–Trinajstić information content (AvgIpc) is 2.44. The fraction of sp³-hybridized carbons (Fsp3) is 0.611. The Bertz CT molecular complexity index is 597. The number of Topliss-reactive ketones (excluding diaryl/α,β-unsaturated/α-hetero) is 1. The van der Waals surface area contributed by atoms with Crippen molar-refractivity contribution in [3.05, 3.63) is 34.9 Å². The number of nitrogens with zero attached hydrogens (tertiary/aromatic N) is 1. The predicted octanol–water partition coefficient (Wildman–Crippen LogP) is 4.46. The van der Waals surface area contributed by atoms with Crippen LogP contribution in [-0.4, -0.2) is 29.8 Å². The first-order valence-corrected chi connectivity index (χ1v) is 8.20. The standard InChI is InChI=1S/C18H22F3NO/c1-11-6-12(8-14(7-11)18(19,20)21)17(23)13-9-15-4-3-5-16(10-13)22(15)2/h6-8,13,15-16H,3-5,9-10H2,1-2H3. The molecule has 2 atom stereocenters. The highest BCUT2D eigenvalue weighted by Gasteiger charge is 2.39. The van der Waals surface area contributed by atoms with Gasteiger partial charge in [-0.2, -0.15) is 13.2 Å². The molecule has 2 unspecified atom stereocenters. The van der Waals surface area contributed by atoms with Crippen LogP contribution in [0.5, 0.6) is 0 Å². The Hall–Kier alpha value is -1.36. The summed E-state index contributed by atoms with van der Waals surface area (Å²) in [6, 6.07) is 4.49. The van der Waals surface area contributed by atoms with E-state index in [9.17, 15) is 18.0 Å². The normalized spacial score (nSPS) is 28.7. The number of carbonyl (C=O) groups excluding carboxylic acids is 1. The summed E-state index contributed by atoms with van der Waals surface area (Å²) < 4.78 is 38.9. The van der Waals surface area contributed by atoms with Gasteiger partial charge in [-0.15, -0.1) is 0 Å². The lowest BCUT2D eigenvalue weighted by Crippen LogP contribution is -2.51.